The van der Waals surface area contributed by atoms with E-state index in [2.05, 4.69) is 0 Å². The topological polar surface area (TPSA) is 140 Å². The Balaban J connectivity index is 1.84. The first-order valence-corrected chi connectivity index (χ1v) is 10.5. The first-order chi connectivity index (χ1) is 15.0. The summed E-state index contributed by atoms with van der Waals surface area (Å²) < 4.78 is 0. The quantitative estimate of drug-likeness (QED) is 0.556. The lowest BCUT2D eigenvalue weighted by molar-refractivity contribution is -0.152. The fourth-order valence-electron chi connectivity index (χ4n) is 5.77. The summed E-state index contributed by atoms with van der Waals surface area (Å²) in [6.07, 6.45) is 0.269. The van der Waals surface area contributed by atoms with Gasteiger partial charge in [-0.1, -0.05) is 0 Å². The van der Waals surface area contributed by atoms with Crippen LogP contribution < -0.4 is 0 Å². The molecule has 5 atom stereocenters. The highest BCUT2D eigenvalue weighted by atomic mass is 16.3. The van der Waals surface area contributed by atoms with Gasteiger partial charge < -0.3 is 5.11 Å². The summed E-state index contributed by atoms with van der Waals surface area (Å²) in [5.41, 5.74) is 0.0145. The summed E-state index contributed by atoms with van der Waals surface area (Å²) in [6, 6.07) is 1.27. The molecule has 3 aliphatic rings. The van der Waals surface area contributed by atoms with Crippen molar-refractivity contribution in [3.8, 4) is 5.75 Å². The van der Waals surface area contributed by atoms with Crippen molar-refractivity contribution < 1.29 is 38.7 Å². The molecule has 1 aromatic rings. The second kappa shape index (κ2) is 7.39. The molecule has 0 heterocycles. The molecule has 0 amide bonds. The molecule has 0 radical (unpaired) electrons. The van der Waals surface area contributed by atoms with E-state index in [0.717, 1.165) is 6.92 Å². The molecule has 0 aliphatic heterocycles. The summed E-state index contributed by atoms with van der Waals surface area (Å²) in [6.45, 7) is 3.61. The van der Waals surface area contributed by atoms with Crippen molar-refractivity contribution in [2.24, 2.45) is 29.6 Å². The minimum atomic E-state index is -1.48. The molecule has 8 nitrogen and oxygen atoms in total. The van der Waals surface area contributed by atoms with Crippen LogP contribution in [0.5, 0.6) is 5.75 Å². The zero-order valence-corrected chi connectivity index (χ0v) is 17.9. The van der Waals surface area contributed by atoms with Crippen molar-refractivity contribution in [3.63, 3.8) is 0 Å². The van der Waals surface area contributed by atoms with Gasteiger partial charge in [-0.3, -0.25) is 33.6 Å². The van der Waals surface area contributed by atoms with Crippen molar-refractivity contribution in [1.82, 2.24) is 0 Å². The molecule has 0 spiro atoms. The number of phenols is 1. The minimum Gasteiger partial charge on any atom is -0.506 e. The van der Waals surface area contributed by atoms with Gasteiger partial charge in [0.05, 0.1) is 23.0 Å². The number of hydrogen-bond acceptors (Lipinski definition) is 8. The standard InChI is InChI=1S/C24H22O8/c1-8(25)13-7-14(9(2)26)21(29)20-15(13)5-11-4-12-6-16(28)17(10(3)27)22(30)19(12)23(31)18(11)24(20)32/h7,11-12,17-19,29H,4-6H2,1-3H3. The minimum absolute atomic E-state index is 0.0925. The lowest BCUT2D eigenvalue weighted by Gasteiger charge is -2.44. The molecule has 4 rings (SSSR count). The van der Waals surface area contributed by atoms with Crippen molar-refractivity contribution in [3.05, 3.63) is 28.3 Å². The number of phenolic OH excluding ortho intramolecular Hbond substituents is 1. The van der Waals surface area contributed by atoms with E-state index < -0.39 is 70.0 Å². The predicted octanol–water partition coefficient (Wildman–Crippen LogP) is 1.72. The van der Waals surface area contributed by atoms with Crippen LogP contribution in [0.2, 0.25) is 0 Å². The van der Waals surface area contributed by atoms with Crippen molar-refractivity contribution in [1.29, 1.82) is 0 Å². The fraction of sp³-hybridized carbons (Fsp3) is 0.458. The van der Waals surface area contributed by atoms with Crippen LogP contribution in [-0.2, 0) is 25.6 Å². The Morgan fingerprint density at radius 1 is 0.844 bits per heavy atom. The zero-order valence-electron chi connectivity index (χ0n) is 17.9. The second-order valence-corrected chi connectivity index (χ2v) is 9.08. The molecular formula is C24H22O8. The highest BCUT2D eigenvalue weighted by Gasteiger charge is 2.57. The number of rotatable bonds is 3. The van der Waals surface area contributed by atoms with E-state index in [1.807, 2.05) is 0 Å². The van der Waals surface area contributed by atoms with Crippen LogP contribution >= 0.6 is 0 Å². The molecule has 0 aromatic heterocycles. The van der Waals surface area contributed by atoms with Crippen molar-refractivity contribution >= 4 is 40.5 Å². The normalized spacial score (nSPS) is 29.2. The van der Waals surface area contributed by atoms with E-state index >= 15 is 0 Å². The Hall–Kier alpha value is -3.29. The number of carbonyl (C=O) groups excluding carboxylic acids is 7. The van der Waals surface area contributed by atoms with E-state index in [9.17, 15) is 38.7 Å². The van der Waals surface area contributed by atoms with E-state index in [-0.39, 0.29) is 47.3 Å². The molecule has 166 valence electrons. The van der Waals surface area contributed by atoms with Gasteiger partial charge in [0.25, 0.3) is 0 Å². The van der Waals surface area contributed by atoms with Gasteiger partial charge in [-0.25, -0.2) is 0 Å². The van der Waals surface area contributed by atoms with Crippen LogP contribution in [0.3, 0.4) is 0 Å². The molecule has 2 fully saturated rings. The summed E-state index contributed by atoms with van der Waals surface area (Å²) in [7, 11) is 0. The second-order valence-electron chi connectivity index (χ2n) is 9.08. The monoisotopic (exact) mass is 438 g/mol. The van der Waals surface area contributed by atoms with Gasteiger partial charge in [-0.05, 0) is 57.1 Å². The molecule has 1 aromatic carbocycles. The Kier molecular flexibility index (Phi) is 5.07. The Bertz CT molecular complexity index is 1160. The van der Waals surface area contributed by atoms with Crippen molar-refractivity contribution in [2.45, 2.75) is 40.0 Å². The van der Waals surface area contributed by atoms with E-state index in [1.54, 1.807) is 0 Å². The Morgan fingerprint density at radius 2 is 1.44 bits per heavy atom. The number of fused-ring (bicyclic) bond motifs is 3. The Labute approximate surface area is 183 Å². The number of ketones is 7. The van der Waals surface area contributed by atoms with Gasteiger partial charge in [0.15, 0.2) is 34.7 Å². The molecular weight excluding hydrogens is 416 g/mol. The third-order valence-corrected chi connectivity index (χ3v) is 7.11. The molecule has 2 saturated carbocycles. The van der Waals surface area contributed by atoms with Crippen molar-refractivity contribution in [2.75, 3.05) is 0 Å². The number of benzene rings is 1. The van der Waals surface area contributed by atoms with Gasteiger partial charge in [0.1, 0.15) is 17.5 Å². The third kappa shape index (κ3) is 3.00. The predicted molar refractivity (Wildman–Crippen MR) is 109 cm³/mol. The SMILES string of the molecule is CC(=O)c1cc(C(C)=O)c2c(c1O)C(=O)C1C(=O)C3C(=O)C(C(C)=O)C(=O)CC3CC1C2. The maximum atomic E-state index is 13.4. The smallest absolute Gasteiger partial charge is 0.177 e. The maximum absolute atomic E-state index is 13.4. The number of carbonyl (C=O) groups is 7. The van der Waals surface area contributed by atoms with Gasteiger partial charge >= 0.3 is 0 Å². The molecule has 3 aliphatic carbocycles. The van der Waals surface area contributed by atoms with Gasteiger partial charge in [-0.15, -0.1) is 0 Å². The summed E-state index contributed by atoms with van der Waals surface area (Å²) >= 11 is 0. The average Bonchev–Trinajstić information content (AvgIpc) is 2.66. The third-order valence-electron chi connectivity index (χ3n) is 7.11. The summed E-state index contributed by atoms with van der Waals surface area (Å²) in [4.78, 5) is 88.2. The maximum Gasteiger partial charge on any atom is 0.177 e. The van der Waals surface area contributed by atoms with Crippen LogP contribution in [0.15, 0.2) is 6.07 Å². The van der Waals surface area contributed by atoms with Gasteiger partial charge in [0.2, 0.25) is 0 Å². The van der Waals surface area contributed by atoms with Gasteiger partial charge in [-0.2, -0.15) is 0 Å². The van der Waals surface area contributed by atoms with Crippen LogP contribution in [0.4, 0.5) is 0 Å². The van der Waals surface area contributed by atoms with Crippen LogP contribution in [0, 0.1) is 29.6 Å². The summed E-state index contributed by atoms with van der Waals surface area (Å²) in [5, 5.41) is 10.7. The fourth-order valence-corrected chi connectivity index (χ4v) is 5.77. The zero-order chi connectivity index (χ0) is 23.6. The molecule has 0 saturated heterocycles. The van der Waals surface area contributed by atoms with Gasteiger partial charge in [0, 0.05) is 12.0 Å². The van der Waals surface area contributed by atoms with Crippen LogP contribution in [-0.4, -0.2) is 45.6 Å². The molecule has 0 bridgehead atoms. The number of Topliss-reactive ketones (excluding diaryl/α,β-unsaturated/α-hetero) is 7. The average molecular weight is 438 g/mol. The highest BCUT2D eigenvalue weighted by molar-refractivity contribution is 6.28. The lowest BCUT2D eigenvalue weighted by Crippen LogP contribution is -2.55. The van der Waals surface area contributed by atoms with Crippen LogP contribution in [0.1, 0.15) is 70.3 Å². The first-order valence-electron chi connectivity index (χ1n) is 10.5. The number of hydrogen-bond donors (Lipinski definition) is 1. The van der Waals surface area contributed by atoms with E-state index in [4.69, 9.17) is 0 Å². The molecule has 8 heteroatoms. The first kappa shape index (κ1) is 21.9. The Morgan fingerprint density at radius 3 is 2.00 bits per heavy atom. The lowest BCUT2D eigenvalue weighted by atomic mass is 9.55. The summed E-state index contributed by atoms with van der Waals surface area (Å²) in [5.74, 6) is -9.84. The van der Waals surface area contributed by atoms with Crippen LogP contribution in [0.25, 0.3) is 0 Å². The number of aromatic hydroxyl groups is 1. The van der Waals surface area contributed by atoms with E-state index in [0.29, 0.717) is 0 Å². The largest absolute Gasteiger partial charge is 0.506 e. The van der Waals surface area contributed by atoms with E-state index in [1.165, 1.54) is 19.9 Å². The molecule has 32 heavy (non-hydrogen) atoms. The highest BCUT2D eigenvalue weighted by Crippen LogP contribution is 2.49. The molecule has 5 unspecified atom stereocenters. The molecule has 1 N–H and O–H groups in total.